The molecule has 0 aliphatic heterocycles. The minimum Gasteiger partial charge on any atom is -0.427 e. The molecule has 4 rings (SSSR count). The SMILES string of the molecule is CC.CC.CC.CC(C)(C)c1n[nH]c(=O)[nH]1.CC(C)(C)c1ncn[nH]1.CC(C)(C)c1nnco1.CC(C)(C)c1noc(=O)[nH]1. The second-order valence-corrected chi connectivity index (χ2v) is 12.5. The van der Waals surface area contributed by atoms with Gasteiger partial charge in [-0.05, 0) is 0 Å². The van der Waals surface area contributed by atoms with E-state index in [4.69, 9.17) is 4.42 Å². The van der Waals surface area contributed by atoms with E-state index in [2.05, 4.69) is 76.0 Å². The van der Waals surface area contributed by atoms with E-state index in [0.717, 1.165) is 5.82 Å². The molecule has 0 unspecified atom stereocenters. The maximum absolute atomic E-state index is 10.6. The molecular weight excluding hydrogens is 564 g/mol. The van der Waals surface area contributed by atoms with Crippen LogP contribution in [-0.2, 0) is 21.7 Å². The van der Waals surface area contributed by atoms with E-state index < -0.39 is 5.76 Å². The Bertz CT molecular complexity index is 1190. The van der Waals surface area contributed by atoms with Crippen LogP contribution in [0.4, 0.5) is 0 Å². The Morgan fingerprint density at radius 2 is 1.14 bits per heavy atom. The monoisotopic (exact) mass is 624 g/mol. The molecule has 0 saturated heterocycles. The highest BCUT2D eigenvalue weighted by atomic mass is 16.5. The zero-order valence-electron chi connectivity index (χ0n) is 30.5. The third kappa shape index (κ3) is 19.4. The van der Waals surface area contributed by atoms with Gasteiger partial charge in [0.1, 0.15) is 18.0 Å². The van der Waals surface area contributed by atoms with E-state index in [1.807, 2.05) is 104 Å². The van der Waals surface area contributed by atoms with Crippen molar-refractivity contribution in [3.8, 4) is 0 Å². The van der Waals surface area contributed by atoms with Crippen LogP contribution in [0.5, 0.6) is 0 Å². The number of rotatable bonds is 0. The van der Waals surface area contributed by atoms with Gasteiger partial charge < -0.3 is 4.42 Å². The predicted octanol–water partition coefficient (Wildman–Crippen LogP) is 6.60. The van der Waals surface area contributed by atoms with Gasteiger partial charge in [0, 0.05) is 21.7 Å². The highest BCUT2D eigenvalue weighted by Crippen LogP contribution is 2.18. The minimum atomic E-state index is -0.495. The van der Waals surface area contributed by atoms with Crippen LogP contribution in [0.1, 0.15) is 148 Å². The highest BCUT2D eigenvalue weighted by Gasteiger charge is 2.19. The topological polar surface area (TPSA) is 201 Å². The maximum Gasteiger partial charge on any atom is 0.438 e. The van der Waals surface area contributed by atoms with Crippen molar-refractivity contribution in [1.82, 2.24) is 50.7 Å². The zero-order valence-corrected chi connectivity index (χ0v) is 30.5. The van der Waals surface area contributed by atoms with Crippen LogP contribution in [0, 0.1) is 0 Å². The molecule has 0 amide bonds. The lowest BCUT2D eigenvalue weighted by Crippen LogP contribution is -2.14. The summed E-state index contributed by atoms with van der Waals surface area (Å²) in [6, 6.07) is 0. The lowest BCUT2D eigenvalue weighted by atomic mass is 9.96. The summed E-state index contributed by atoms with van der Waals surface area (Å²) in [4.78, 5) is 30.1. The van der Waals surface area contributed by atoms with Crippen molar-refractivity contribution < 1.29 is 8.94 Å². The van der Waals surface area contributed by atoms with E-state index in [1.54, 1.807) is 0 Å². The number of hydrogen-bond acceptors (Lipinski definition) is 10. The molecule has 14 nitrogen and oxygen atoms in total. The predicted molar refractivity (Wildman–Crippen MR) is 176 cm³/mol. The van der Waals surface area contributed by atoms with E-state index in [0.29, 0.717) is 17.5 Å². The molecule has 44 heavy (non-hydrogen) atoms. The van der Waals surface area contributed by atoms with Crippen LogP contribution in [0.2, 0.25) is 0 Å². The van der Waals surface area contributed by atoms with Gasteiger partial charge >= 0.3 is 11.4 Å². The molecular formula is C30H60N10O4. The molecule has 4 aromatic rings. The molecule has 0 atom stereocenters. The van der Waals surface area contributed by atoms with Gasteiger partial charge in [-0.25, -0.2) is 19.7 Å². The Hall–Kier alpha value is -3.84. The molecule has 0 radical (unpaired) electrons. The third-order valence-corrected chi connectivity index (χ3v) is 4.49. The molecule has 0 aliphatic carbocycles. The quantitative estimate of drug-likeness (QED) is 0.165. The van der Waals surface area contributed by atoms with Crippen LogP contribution in [0.3, 0.4) is 0 Å². The number of nitrogens with zero attached hydrogens (tertiary/aromatic N) is 6. The number of nitrogens with one attached hydrogen (secondary N) is 4. The Labute approximate surface area is 263 Å². The molecule has 4 N–H and O–H groups in total. The Morgan fingerprint density at radius 3 is 1.32 bits per heavy atom. The Morgan fingerprint density at radius 1 is 0.636 bits per heavy atom. The molecule has 0 spiro atoms. The number of hydrogen-bond donors (Lipinski definition) is 4. The highest BCUT2D eigenvalue weighted by molar-refractivity contribution is 4.98. The van der Waals surface area contributed by atoms with E-state index in [1.165, 1.54) is 12.7 Å². The van der Waals surface area contributed by atoms with Gasteiger partial charge in [-0.3, -0.25) is 19.6 Å². The van der Waals surface area contributed by atoms with Crippen molar-refractivity contribution in [2.24, 2.45) is 0 Å². The molecule has 0 fully saturated rings. The van der Waals surface area contributed by atoms with E-state index in [-0.39, 0.29) is 27.3 Å². The fourth-order valence-electron chi connectivity index (χ4n) is 2.25. The van der Waals surface area contributed by atoms with Crippen molar-refractivity contribution in [3.63, 3.8) is 0 Å². The first-order valence-electron chi connectivity index (χ1n) is 15.1. The van der Waals surface area contributed by atoms with E-state index >= 15 is 0 Å². The number of aromatic nitrogens is 10. The van der Waals surface area contributed by atoms with Gasteiger partial charge in [-0.2, -0.15) is 10.2 Å². The first-order valence-corrected chi connectivity index (χ1v) is 15.1. The average Bonchev–Trinajstić information content (AvgIpc) is 3.75. The molecule has 4 aromatic heterocycles. The number of H-pyrrole nitrogens is 4. The summed E-state index contributed by atoms with van der Waals surface area (Å²) in [5.41, 5.74) is -0.400. The largest absolute Gasteiger partial charge is 0.438 e. The summed E-state index contributed by atoms with van der Waals surface area (Å²) >= 11 is 0. The summed E-state index contributed by atoms with van der Waals surface area (Å²) in [6.45, 7) is 36.1. The van der Waals surface area contributed by atoms with Crippen LogP contribution in [0.15, 0.2) is 31.3 Å². The van der Waals surface area contributed by atoms with Crippen LogP contribution in [0.25, 0.3) is 0 Å². The summed E-state index contributed by atoms with van der Waals surface area (Å²) in [5, 5.41) is 23.6. The summed E-state index contributed by atoms with van der Waals surface area (Å²) < 4.78 is 9.31. The summed E-state index contributed by atoms with van der Waals surface area (Å²) in [6.07, 6.45) is 2.88. The zero-order chi connectivity index (χ0) is 35.4. The summed E-state index contributed by atoms with van der Waals surface area (Å²) in [7, 11) is 0. The smallest absolute Gasteiger partial charge is 0.427 e. The standard InChI is InChI=1S/C6H11N3O.C6H11N3.C6H10N2O2.C6H10N2O.3C2H6/c1-6(2,3)4-7-5(10)9-8-4;1-6(2,3)5-7-4-8-9-5;1-6(2,3)4-7-5(9)10-8-4;1-6(2,3)5-8-7-4-9-5;3*1-2/h1-3H3,(H2,7,8,9,10);4H,1-3H3,(H,7,8,9);1-3H3,(H,7,8,9);4H,1-3H3;3*1-2H3. The van der Waals surface area contributed by atoms with Gasteiger partial charge in [0.25, 0.3) is 0 Å². The van der Waals surface area contributed by atoms with Crippen LogP contribution in [-0.4, -0.2) is 50.7 Å². The maximum atomic E-state index is 10.6. The Kier molecular flexibility index (Phi) is 21.2. The average molecular weight is 625 g/mol. The second kappa shape index (κ2) is 21.0. The minimum absolute atomic E-state index is 0.0174. The van der Waals surface area contributed by atoms with Crippen molar-refractivity contribution in [1.29, 1.82) is 0 Å². The van der Waals surface area contributed by atoms with Gasteiger partial charge in [-0.15, -0.1) is 10.2 Å². The summed E-state index contributed by atoms with van der Waals surface area (Å²) in [5.74, 6) is 2.39. The van der Waals surface area contributed by atoms with Crippen LogP contribution < -0.4 is 11.4 Å². The van der Waals surface area contributed by atoms with Crippen molar-refractivity contribution in [3.05, 3.63) is 57.1 Å². The van der Waals surface area contributed by atoms with E-state index in [9.17, 15) is 9.59 Å². The molecule has 0 saturated carbocycles. The first kappa shape index (κ1) is 44.6. The molecule has 0 aliphatic rings. The van der Waals surface area contributed by atoms with Crippen LogP contribution >= 0.6 is 0 Å². The fraction of sp³-hybridized carbons (Fsp3) is 0.733. The first-order chi connectivity index (χ1) is 20.2. The van der Waals surface area contributed by atoms with Gasteiger partial charge in [0.15, 0.2) is 5.82 Å². The van der Waals surface area contributed by atoms with Crippen molar-refractivity contribution >= 4 is 0 Å². The fourth-order valence-corrected chi connectivity index (χ4v) is 2.25. The molecule has 4 heterocycles. The van der Waals surface area contributed by atoms with Gasteiger partial charge in [0.2, 0.25) is 12.3 Å². The van der Waals surface area contributed by atoms with Gasteiger partial charge in [0.05, 0.1) is 0 Å². The van der Waals surface area contributed by atoms with Gasteiger partial charge in [-0.1, -0.05) is 130 Å². The molecule has 14 heteroatoms. The third-order valence-electron chi connectivity index (χ3n) is 4.49. The van der Waals surface area contributed by atoms with Crippen molar-refractivity contribution in [2.75, 3.05) is 0 Å². The molecule has 254 valence electrons. The molecule has 0 bridgehead atoms. The number of aromatic amines is 4. The lowest BCUT2D eigenvalue weighted by molar-refractivity contribution is 0.369. The molecule has 0 aromatic carbocycles. The second-order valence-electron chi connectivity index (χ2n) is 12.5. The normalized spacial score (nSPS) is 10.7. The Balaban J connectivity index is -0.000000481. The van der Waals surface area contributed by atoms with Crippen molar-refractivity contribution in [2.45, 2.75) is 146 Å². The lowest BCUT2D eigenvalue weighted by Gasteiger charge is -2.12.